The lowest BCUT2D eigenvalue weighted by Crippen LogP contribution is -1.91. The predicted octanol–water partition coefficient (Wildman–Crippen LogP) is 3.80. The zero-order chi connectivity index (χ0) is 13.9. The summed E-state index contributed by atoms with van der Waals surface area (Å²) in [6.07, 6.45) is 1.29. The van der Waals surface area contributed by atoms with Crippen LogP contribution >= 0.6 is 0 Å². The Morgan fingerprint density at radius 3 is 2.35 bits per heavy atom. The SMILES string of the molecule is C[C@@H](O)c1cccc(-c2cccc(-c3ccn[nH]3)c2)c1. The monoisotopic (exact) mass is 264 g/mol. The summed E-state index contributed by atoms with van der Waals surface area (Å²) in [6.45, 7) is 1.78. The Morgan fingerprint density at radius 1 is 0.950 bits per heavy atom. The van der Waals surface area contributed by atoms with Gasteiger partial charge in [0.25, 0.3) is 0 Å². The summed E-state index contributed by atoms with van der Waals surface area (Å²) >= 11 is 0. The van der Waals surface area contributed by atoms with E-state index in [2.05, 4.69) is 34.5 Å². The number of aliphatic hydroxyl groups excluding tert-OH is 1. The lowest BCUT2D eigenvalue weighted by atomic mass is 9.99. The maximum atomic E-state index is 9.69. The maximum absolute atomic E-state index is 9.69. The molecule has 0 bridgehead atoms. The zero-order valence-electron chi connectivity index (χ0n) is 11.2. The van der Waals surface area contributed by atoms with E-state index in [0.29, 0.717) is 0 Å². The molecule has 0 radical (unpaired) electrons. The number of H-pyrrole nitrogens is 1. The van der Waals surface area contributed by atoms with E-state index in [9.17, 15) is 5.11 Å². The van der Waals surface area contributed by atoms with Crippen molar-refractivity contribution in [2.75, 3.05) is 0 Å². The number of aromatic amines is 1. The molecule has 100 valence electrons. The highest BCUT2D eigenvalue weighted by Crippen LogP contribution is 2.27. The second-order valence-electron chi connectivity index (χ2n) is 4.85. The molecular formula is C17H16N2O. The Bertz CT molecular complexity index is 703. The van der Waals surface area contributed by atoms with Gasteiger partial charge in [0.15, 0.2) is 0 Å². The molecule has 0 spiro atoms. The molecule has 2 aromatic carbocycles. The van der Waals surface area contributed by atoms with Crippen LogP contribution in [0.1, 0.15) is 18.6 Å². The van der Waals surface area contributed by atoms with E-state index in [1.165, 1.54) is 0 Å². The summed E-state index contributed by atoms with van der Waals surface area (Å²) in [5, 5.41) is 16.6. The number of hydrogen-bond acceptors (Lipinski definition) is 2. The van der Waals surface area contributed by atoms with Gasteiger partial charge in [-0.3, -0.25) is 5.10 Å². The number of benzene rings is 2. The van der Waals surface area contributed by atoms with Gasteiger partial charge in [-0.2, -0.15) is 5.10 Å². The van der Waals surface area contributed by atoms with Gasteiger partial charge in [-0.15, -0.1) is 0 Å². The Hall–Kier alpha value is -2.39. The molecule has 1 aromatic heterocycles. The average molecular weight is 264 g/mol. The summed E-state index contributed by atoms with van der Waals surface area (Å²) in [4.78, 5) is 0. The van der Waals surface area contributed by atoms with Crippen molar-refractivity contribution in [3.05, 3.63) is 66.4 Å². The van der Waals surface area contributed by atoms with Gasteiger partial charge < -0.3 is 5.11 Å². The van der Waals surface area contributed by atoms with Gasteiger partial charge in [-0.1, -0.05) is 36.4 Å². The highest BCUT2D eigenvalue weighted by molar-refractivity contribution is 5.71. The van der Waals surface area contributed by atoms with E-state index in [1.807, 2.05) is 30.3 Å². The van der Waals surface area contributed by atoms with Crippen molar-refractivity contribution in [3.8, 4) is 22.4 Å². The van der Waals surface area contributed by atoms with E-state index < -0.39 is 6.10 Å². The van der Waals surface area contributed by atoms with Crippen LogP contribution in [-0.4, -0.2) is 15.3 Å². The van der Waals surface area contributed by atoms with Crippen LogP contribution in [0, 0.1) is 0 Å². The van der Waals surface area contributed by atoms with E-state index in [1.54, 1.807) is 13.1 Å². The molecule has 3 nitrogen and oxygen atoms in total. The number of hydrogen-bond donors (Lipinski definition) is 2. The van der Waals surface area contributed by atoms with E-state index in [-0.39, 0.29) is 0 Å². The van der Waals surface area contributed by atoms with Crippen molar-refractivity contribution in [1.82, 2.24) is 10.2 Å². The first kappa shape index (κ1) is 12.6. The summed E-state index contributed by atoms with van der Waals surface area (Å²) in [5.41, 5.74) is 5.25. The molecule has 3 heteroatoms. The normalized spacial score (nSPS) is 12.3. The maximum Gasteiger partial charge on any atom is 0.0762 e. The summed E-state index contributed by atoms with van der Waals surface area (Å²) in [6, 6.07) is 18.2. The lowest BCUT2D eigenvalue weighted by Gasteiger charge is -2.09. The first-order valence-corrected chi connectivity index (χ1v) is 6.62. The largest absolute Gasteiger partial charge is 0.389 e. The average Bonchev–Trinajstić information content (AvgIpc) is 3.02. The van der Waals surface area contributed by atoms with Crippen molar-refractivity contribution in [2.24, 2.45) is 0 Å². The van der Waals surface area contributed by atoms with E-state index in [0.717, 1.165) is 27.9 Å². The van der Waals surface area contributed by atoms with Crippen LogP contribution in [0.2, 0.25) is 0 Å². The third-order valence-corrected chi connectivity index (χ3v) is 3.38. The second-order valence-corrected chi connectivity index (χ2v) is 4.85. The number of aromatic nitrogens is 2. The molecule has 1 atom stereocenters. The lowest BCUT2D eigenvalue weighted by molar-refractivity contribution is 0.199. The fraction of sp³-hybridized carbons (Fsp3) is 0.118. The van der Waals surface area contributed by atoms with Gasteiger partial charge in [-0.25, -0.2) is 0 Å². The van der Waals surface area contributed by atoms with E-state index in [4.69, 9.17) is 0 Å². The van der Waals surface area contributed by atoms with Crippen LogP contribution in [0.5, 0.6) is 0 Å². The van der Waals surface area contributed by atoms with Crippen LogP contribution in [0.4, 0.5) is 0 Å². The van der Waals surface area contributed by atoms with Gasteiger partial charge in [0.05, 0.1) is 11.8 Å². The molecule has 20 heavy (non-hydrogen) atoms. The third kappa shape index (κ3) is 2.49. The molecule has 1 heterocycles. The first-order chi connectivity index (χ1) is 9.74. The Labute approximate surface area is 117 Å². The van der Waals surface area contributed by atoms with Crippen LogP contribution < -0.4 is 0 Å². The summed E-state index contributed by atoms with van der Waals surface area (Å²) in [7, 11) is 0. The van der Waals surface area contributed by atoms with Gasteiger partial charge in [0.2, 0.25) is 0 Å². The Balaban J connectivity index is 2.02. The Kier molecular flexibility index (Phi) is 3.35. The molecule has 3 rings (SSSR count). The molecule has 2 N–H and O–H groups in total. The Morgan fingerprint density at radius 2 is 1.65 bits per heavy atom. The van der Waals surface area contributed by atoms with Crippen LogP contribution in [0.25, 0.3) is 22.4 Å². The van der Waals surface area contributed by atoms with Gasteiger partial charge in [0.1, 0.15) is 0 Å². The van der Waals surface area contributed by atoms with Crippen molar-refractivity contribution < 1.29 is 5.11 Å². The smallest absolute Gasteiger partial charge is 0.0762 e. The molecule has 0 aliphatic heterocycles. The molecule has 0 aliphatic rings. The van der Waals surface area contributed by atoms with Crippen molar-refractivity contribution in [2.45, 2.75) is 13.0 Å². The third-order valence-electron chi connectivity index (χ3n) is 3.38. The van der Waals surface area contributed by atoms with Crippen molar-refractivity contribution >= 4 is 0 Å². The number of nitrogens with zero attached hydrogens (tertiary/aromatic N) is 1. The number of rotatable bonds is 3. The summed E-state index contributed by atoms with van der Waals surface area (Å²) < 4.78 is 0. The van der Waals surface area contributed by atoms with E-state index >= 15 is 0 Å². The van der Waals surface area contributed by atoms with Crippen LogP contribution in [-0.2, 0) is 0 Å². The molecule has 0 aliphatic carbocycles. The van der Waals surface area contributed by atoms with Gasteiger partial charge in [-0.05, 0) is 41.8 Å². The van der Waals surface area contributed by atoms with Gasteiger partial charge in [0, 0.05) is 11.8 Å². The van der Waals surface area contributed by atoms with Crippen LogP contribution in [0.3, 0.4) is 0 Å². The quantitative estimate of drug-likeness (QED) is 0.756. The fourth-order valence-electron chi connectivity index (χ4n) is 2.26. The fourth-order valence-corrected chi connectivity index (χ4v) is 2.26. The molecular weight excluding hydrogens is 248 g/mol. The molecule has 0 saturated carbocycles. The minimum atomic E-state index is -0.453. The molecule has 0 saturated heterocycles. The summed E-state index contributed by atoms with van der Waals surface area (Å²) in [5.74, 6) is 0. The highest BCUT2D eigenvalue weighted by atomic mass is 16.3. The topological polar surface area (TPSA) is 48.9 Å². The van der Waals surface area contributed by atoms with Crippen molar-refractivity contribution in [1.29, 1.82) is 0 Å². The highest BCUT2D eigenvalue weighted by Gasteiger charge is 2.05. The van der Waals surface area contributed by atoms with Crippen LogP contribution in [0.15, 0.2) is 60.8 Å². The predicted molar refractivity (Wildman–Crippen MR) is 80.1 cm³/mol. The minimum absolute atomic E-state index is 0.453. The molecule has 0 unspecified atom stereocenters. The zero-order valence-corrected chi connectivity index (χ0v) is 11.2. The molecule has 0 fully saturated rings. The number of aliphatic hydroxyl groups is 1. The second kappa shape index (κ2) is 5.31. The van der Waals surface area contributed by atoms with Crippen molar-refractivity contribution in [3.63, 3.8) is 0 Å². The number of nitrogens with one attached hydrogen (secondary N) is 1. The molecule has 3 aromatic rings. The standard InChI is InChI=1S/C17H16N2O/c1-12(20)13-4-2-5-14(10-13)15-6-3-7-16(11-15)17-8-9-18-19-17/h2-12,20H,1H3,(H,18,19)/t12-/m1/s1. The molecule has 0 amide bonds. The first-order valence-electron chi connectivity index (χ1n) is 6.62. The van der Waals surface area contributed by atoms with Gasteiger partial charge >= 0.3 is 0 Å². The minimum Gasteiger partial charge on any atom is -0.389 e.